The number of benzene rings is 2. The minimum absolute atomic E-state index is 0.0195. The van der Waals surface area contributed by atoms with Crippen molar-refractivity contribution in [1.82, 2.24) is 9.47 Å². The van der Waals surface area contributed by atoms with E-state index in [4.69, 9.17) is 20.3 Å². The Morgan fingerprint density at radius 3 is 2.47 bits per heavy atom. The summed E-state index contributed by atoms with van der Waals surface area (Å²) in [6, 6.07) is 16.1. The molecule has 2 heterocycles. The minimum atomic E-state index is -2.35. The molecule has 9 heteroatoms. The Kier molecular flexibility index (Phi) is 8.72. The zero-order chi connectivity index (χ0) is 27.3. The van der Waals surface area contributed by atoms with Crippen LogP contribution in [0, 0.1) is 11.8 Å². The van der Waals surface area contributed by atoms with E-state index in [-0.39, 0.29) is 11.9 Å². The fourth-order valence-corrected chi connectivity index (χ4v) is 4.48. The lowest BCUT2D eigenvalue weighted by Gasteiger charge is -2.30. The summed E-state index contributed by atoms with van der Waals surface area (Å²) < 4.78 is 21.8. The van der Waals surface area contributed by atoms with Crippen LogP contribution in [0.3, 0.4) is 0 Å². The number of nitrogens with one attached hydrogen (secondary N) is 2. The predicted octanol–water partition coefficient (Wildman–Crippen LogP) is 4.79. The van der Waals surface area contributed by atoms with E-state index in [0.717, 1.165) is 54.0 Å². The van der Waals surface area contributed by atoms with Gasteiger partial charge in [0.15, 0.2) is 0 Å². The molecule has 2 aromatic carbocycles. The average molecular weight is 507 g/mol. The summed E-state index contributed by atoms with van der Waals surface area (Å²) in [4.78, 5) is 2.34. The van der Waals surface area contributed by atoms with Crippen LogP contribution in [-0.2, 0) is 6.54 Å². The maximum absolute atomic E-state index is 14.4. The normalized spacial score (nSPS) is 15.1. The summed E-state index contributed by atoms with van der Waals surface area (Å²) in [6.45, 7) is 8.61. The lowest BCUT2D eigenvalue weighted by atomic mass is 9.67. The van der Waals surface area contributed by atoms with Gasteiger partial charge in [0.2, 0.25) is 0 Å². The lowest BCUT2D eigenvalue weighted by molar-refractivity contribution is 0.264. The molecule has 5 nitrogen and oxygen atoms in total. The maximum atomic E-state index is 14.4. The smallest absolute Gasteiger partial charge is 0.375 e. The molecule has 0 saturated carbocycles. The number of alkyl halides is 1. The van der Waals surface area contributed by atoms with Crippen molar-refractivity contribution in [3.05, 3.63) is 54.2 Å². The molecule has 1 aliphatic heterocycles. The quantitative estimate of drug-likeness (QED) is 0.340. The number of piperidine rings is 1. The molecule has 3 aromatic rings. The second kappa shape index (κ2) is 11.8. The van der Waals surface area contributed by atoms with Gasteiger partial charge in [-0.1, -0.05) is 32.8 Å². The van der Waals surface area contributed by atoms with Crippen molar-refractivity contribution in [1.29, 1.82) is 0 Å². The second-order valence-corrected chi connectivity index (χ2v) is 11.3. The molecule has 2 N–H and O–H groups in total. The van der Waals surface area contributed by atoms with Crippen molar-refractivity contribution in [2.45, 2.75) is 57.0 Å². The predicted molar refractivity (Wildman–Crippen MR) is 159 cm³/mol. The topological polar surface area (TPSA) is 41.5 Å². The van der Waals surface area contributed by atoms with E-state index in [9.17, 15) is 4.39 Å². The van der Waals surface area contributed by atoms with Crippen LogP contribution in [0.4, 0.5) is 15.8 Å². The Morgan fingerprint density at radius 2 is 1.82 bits per heavy atom. The summed E-state index contributed by atoms with van der Waals surface area (Å²) >= 11 is 0. The van der Waals surface area contributed by atoms with Crippen LogP contribution in [0.1, 0.15) is 39.3 Å². The van der Waals surface area contributed by atoms with E-state index in [0.29, 0.717) is 18.3 Å². The van der Waals surface area contributed by atoms with Gasteiger partial charge in [0.25, 0.3) is 0 Å². The first kappa shape index (κ1) is 28.0. The van der Waals surface area contributed by atoms with Crippen molar-refractivity contribution in [3.8, 4) is 17.6 Å². The molecule has 0 unspecified atom stereocenters. The van der Waals surface area contributed by atoms with Gasteiger partial charge in [-0.2, -0.15) is 0 Å². The number of hydrogen-bond acceptors (Lipinski definition) is 4. The first-order valence-electron chi connectivity index (χ1n) is 13.1. The molecule has 0 aliphatic carbocycles. The first-order valence-corrected chi connectivity index (χ1v) is 13.1. The fourth-order valence-electron chi connectivity index (χ4n) is 4.48. The molecule has 5 radical (unpaired) electrons. The van der Waals surface area contributed by atoms with Crippen LogP contribution in [0.25, 0.3) is 10.9 Å². The molecule has 0 bridgehead atoms. The van der Waals surface area contributed by atoms with Crippen LogP contribution in [0.2, 0.25) is 5.31 Å². The summed E-state index contributed by atoms with van der Waals surface area (Å²) in [5, 5.41) is 7.95. The fraction of sp³-hybridized carbons (Fsp3) is 0.448. The van der Waals surface area contributed by atoms with Crippen molar-refractivity contribution >= 4 is 45.5 Å². The Hall–Kier alpha value is -2.98. The Morgan fingerprint density at radius 1 is 1.11 bits per heavy atom. The molecule has 193 valence electrons. The number of nitrogens with zero attached hydrogens (tertiary/aromatic N) is 2. The monoisotopic (exact) mass is 507 g/mol. The van der Waals surface area contributed by atoms with E-state index in [1.807, 2.05) is 49.9 Å². The van der Waals surface area contributed by atoms with E-state index in [2.05, 4.69) is 61.3 Å². The van der Waals surface area contributed by atoms with E-state index < -0.39 is 5.47 Å². The molecule has 0 spiro atoms. The highest BCUT2D eigenvalue weighted by molar-refractivity contribution is 6.38. The Balaban J connectivity index is 1.49. The third kappa shape index (κ3) is 8.01. The summed E-state index contributed by atoms with van der Waals surface area (Å²) in [5.41, 5.74) is 1.10. The van der Waals surface area contributed by atoms with Crippen molar-refractivity contribution in [3.63, 3.8) is 0 Å². The molecular weight excluding hydrogens is 472 g/mol. The van der Waals surface area contributed by atoms with E-state index in [1.165, 1.54) is 0 Å². The second-order valence-electron chi connectivity index (χ2n) is 11.3. The minimum Gasteiger partial charge on any atom is -0.563 e. The van der Waals surface area contributed by atoms with Crippen LogP contribution >= 0.6 is 0 Å². The molecule has 0 atom stereocenters. The molecule has 1 fully saturated rings. The van der Waals surface area contributed by atoms with Crippen LogP contribution in [-0.4, -0.2) is 70.8 Å². The molecule has 1 saturated heterocycles. The van der Waals surface area contributed by atoms with Gasteiger partial charge in [-0.15, -0.1) is 0 Å². The van der Waals surface area contributed by atoms with Gasteiger partial charge < -0.3 is 24.8 Å². The third-order valence-corrected chi connectivity index (χ3v) is 6.42. The van der Waals surface area contributed by atoms with Gasteiger partial charge in [-0.25, -0.2) is 0 Å². The van der Waals surface area contributed by atoms with Crippen molar-refractivity contribution in [2.24, 2.45) is 0 Å². The number of aromatic nitrogens is 1. The van der Waals surface area contributed by atoms with Crippen LogP contribution < -0.4 is 15.3 Å². The molecule has 1 aliphatic rings. The number of hydrogen-bond donors (Lipinski definition) is 2. The highest BCUT2D eigenvalue weighted by Gasteiger charge is 2.21. The molecule has 1 aromatic heterocycles. The SMILES string of the molecule is [B]C([B])(F)Cn1c(C#CCNc2ccc(O[B]C(C)(C)C)cc2)cc2c(NC3CCN(C)CC3)cccc21. The maximum Gasteiger partial charge on any atom is 0.375 e. The third-order valence-electron chi connectivity index (χ3n) is 6.42. The summed E-state index contributed by atoms with van der Waals surface area (Å²) in [7, 11) is 15.1. The van der Waals surface area contributed by atoms with E-state index >= 15 is 0 Å². The zero-order valence-corrected chi connectivity index (χ0v) is 22.9. The van der Waals surface area contributed by atoms with Gasteiger partial charge in [-0.05, 0) is 86.7 Å². The van der Waals surface area contributed by atoms with Crippen molar-refractivity contribution in [2.75, 3.05) is 37.3 Å². The van der Waals surface area contributed by atoms with Crippen LogP contribution in [0.15, 0.2) is 48.5 Å². The van der Waals surface area contributed by atoms with Crippen molar-refractivity contribution < 1.29 is 9.04 Å². The lowest BCUT2D eigenvalue weighted by Crippen LogP contribution is -2.36. The summed E-state index contributed by atoms with van der Waals surface area (Å²) in [6.07, 6.45) is 2.15. The van der Waals surface area contributed by atoms with E-state index in [1.54, 1.807) is 4.57 Å². The highest BCUT2D eigenvalue weighted by Crippen LogP contribution is 2.30. The Labute approximate surface area is 230 Å². The number of likely N-dealkylation sites (tertiary alicyclic amines) is 1. The highest BCUT2D eigenvalue weighted by atomic mass is 19.1. The average Bonchev–Trinajstić information content (AvgIpc) is 3.19. The zero-order valence-electron chi connectivity index (χ0n) is 22.9. The molecular formula is C29H35B3FN4O. The van der Waals surface area contributed by atoms with Gasteiger partial charge in [-0.3, -0.25) is 4.39 Å². The first-order chi connectivity index (χ1) is 18.0. The Bertz CT molecular complexity index is 1280. The molecule has 0 amide bonds. The van der Waals surface area contributed by atoms with Crippen LogP contribution in [0.5, 0.6) is 5.75 Å². The largest absolute Gasteiger partial charge is 0.563 e. The van der Waals surface area contributed by atoms with Gasteiger partial charge in [0.05, 0.1) is 23.5 Å². The van der Waals surface area contributed by atoms with Gasteiger partial charge in [0, 0.05) is 34.8 Å². The standard InChI is InChI=1S/C29H35B3FN4O/c1-28(2,3)32-38-24-12-10-21(11-13-24)34-16-6-7-23-19-25-26(35-22-14-17-36(4)18-15-22)8-5-9-27(25)37(23)20-29(30,31)33/h5,8-13,19,22,34-35H,14-18,20H2,1-4H3. The number of rotatable bonds is 8. The van der Waals surface area contributed by atoms with Gasteiger partial charge in [0.1, 0.15) is 15.7 Å². The van der Waals surface area contributed by atoms with Gasteiger partial charge >= 0.3 is 7.48 Å². The summed E-state index contributed by atoms with van der Waals surface area (Å²) in [5.74, 6) is 7.12. The number of anilines is 2. The number of fused-ring (bicyclic) bond motifs is 1. The number of halogens is 1. The molecule has 4 rings (SSSR count). The molecule has 38 heavy (non-hydrogen) atoms.